The molecule has 3 unspecified atom stereocenters. The number of thiazole rings is 1. The number of nitrogens with one attached hydrogen (secondary N) is 1. The van der Waals surface area contributed by atoms with Gasteiger partial charge in [-0.2, -0.15) is 0 Å². The Morgan fingerprint density at radius 2 is 1.89 bits per heavy atom. The number of aryl methyl sites for hydroxylation is 1. The summed E-state index contributed by atoms with van der Waals surface area (Å²) in [4.78, 5) is 18.7. The van der Waals surface area contributed by atoms with E-state index in [1.165, 1.54) is 4.31 Å². The minimum absolute atomic E-state index is 0.172. The fourth-order valence-corrected chi connectivity index (χ4v) is 6.72. The highest BCUT2D eigenvalue weighted by Crippen LogP contribution is 2.38. The van der Waals surface area contributed by atoms with Crippen LogP contribution in [0.3, 0.4) is 0 Å². The smallest absolute Gasteiger partial charge is 0.268 e. The van der Waals surface area contributed by atoms with Crippen LogP contribution in [0.1, 0.15) is 35.7 Å². The van der Waals surface area contributed by atoms with Crippen molar-refractivity contribution in [3.8, 4) is 10.6 Å². The molecule has 0 saturated carbocycles. The van der Waals surface area contributed by atoms with Gasteiger partial charge in [0.15, 0.2) is 0 Å². The molecular weight excluding hydrogens is 526 g/mol. The highest BCUT2D eigenvalue weighted by atomic mass is 32.1. The van der Waals surface area contributed by atoms with Crippen LogP contribution in [0.25, 0.3) is 20.8 Å². The summed E-state index contributed by atoms with van der Waals surface area (Å²) in [6.45, 7) is 5.11. The number of amides is 1. The molecule has 0 radical (unpaired) electrons. The van der Waals surface area contributed by atoms with Crippen LogP contribution in [0.5, 0.6) is 0 Å². The molecule has 0 spiro atoms. The van der Waals surface area contributed by atoms with E-state index in [0.717, 1.165) is 72.8 Å². The van der Waals surface area contributed by atoms with Gasteiger partial charge in [-0.05, 0) is 48.2 Å². The average Bonchev–Trinajstić information content (AvgIpc) is 3.29. The zero-order valence-electron chi connectivity index (χ0n) is 20.1. The fraction of sp³-hybridized carbons (Fsp3) is 0.200. The van der Waals surface area contributed by atoms with E-state index in [9.17, 15) is 4.79 Å². The summed E-state index contributed by atoms with van der Waals surface area (Å²) in [7, 11) is 10.4. The summed E-state index contributed by atoms with van der Waals surface area (Å²) in [6, 6.07) is 14.1. The van der Waals surface area contributed by atoms with E-state index in [0.29, 0.717) is 11.3 Å². The lowest BCUT2D eigenvalue weighted by molar-refractivity contribution is 0.101. The second-order valence-electron chi connectivity index (χ2n) is 8.52. The van der Waals surface area contributed by atoms with Crippen LogP contribution in [0.15, 0.2) is 42.5 Å². The Hall–Kier alpha value is -1.48. The number of anilines is 2. The Bertz CT molecular complexity index is 1360. The number of hydrogen-bond donors (Lipinski definition) is 2. The molecule has 1 amide bonds. The van der Waals surface area contributed by atoms with Crippen LogP contribution in [0, 0.1) is 6.92 Å². The minimum Gasteiger partial charge on any atom is -0.384 e. The molecule has 1 aromatic heterocycles. The lowest BCUT2D eigenvalue weighted by atomic mass is 9.88. The number of benzene rings is 3. The summed E-state index contributed by atoms with van der Waals surface area (Å²) in [5.41, 5.74) is 6.26. The normalized spacial score (nSPS) is 11.1. The molecule has 4 nitrogen and oxygen atoms in total. The Morgan fingerprint density at radius 3 is 2.60 bits per heavy atom. The summed E-state index contributed by atoms with van der Waals surface area (Å²) in [5.74, 6) is -0.172. The summed E-state index contributed by atoms with van der Waals surface area (Å²) >= 11 is 6.34. The zero-order chi connectivity index (χ0) is 25.3. The van der Waals surface area contributed by atoms with E-state index in [1.807, 2.05) is 45.1 Å². The molecule has 3 aromatic carbocycles. The Kier molecular flexibility index (Phi) is 8.57. The molecule has 0 aliphatic rings. The number of carbonyl (C=O) groups is 1. The maximum Gasteiger partial charge on any atom is 0.268 e. The first kappa shape index (κ1) is 26.6. The van der Waals surface area contributed by atoms with Gasteiger partial charge in [-0.15, -0.1) is 39.1 Å². The van der Waals surface area contributed by atoms with Crippen molar-refractivity contribution >= 4 is 109 Å². The van der Waals surface area contributed by atoms with Gasteiger partial charge in [-0.25, -0.2) is 4.98 Å². The van der Waals surface area contributed by atoms with Gasteiger partial charge in [0.05, 0.1) is 15.9 Å². The largest absolute Gasteiger partial charge is 0.384 e. The third-order valence-electron chi connectivity index (χ3n) is 6.02. The lowest BCUT2D eigenvalue weighted by Gasteiger charge is -2.24. The Morgan fingerprint density at radius 1 is 1.14 bits per heavy atom. The highest BCUT2D eigenvalue weighted by Gasteiger charge is 2.26. The van der Waals surface area contributed by atoms with E-state index < -0.39 is 0 Å². The van der Waals surface area contributed by atoms with Gasteiger partial charge < -0.3 is 5.32 Å². The van der Waals surface area contributed by atoms with Crippen molar-refractivity contribution in [3.05, 3.63) is 53.6 Å². The predicted octanol–water partition coefficient (Wildman–Crippen LogP) is 3.73. The third-order valence-corrected chi connectivity index (χ3v) is 9.74. The molecule has 10 heteroatoms. The van der Waals surface area contributed by atoms with E-state index in [1.54, 1.807) is 11.3 Å². The van der Waals surface area contributed by atoms with Crippen LogP contribution >= 0.6 is 51.9 Å². The number of carbonyl (C=O) groups excluding carboxylic acids is 1. The summed E-state index contributed by atoms with van der Waals surface area (Å²) < 4.78 is 2.57. The van der Waals surface area contributed by atoms with Crippen molar-refractivity contribution in [3.63, 3.8) is 0 Å². The first-order valence-corrected chi connectivity index (χ1v) is 14.4. The molecule has 0 fully saturated rings. The van der Waals surface area contributed by atoms with Gasteiger partial charge in [0.25, 0.3) is 5.91 Å². The van der Waals surface area contributed by atoms with Crippen LogP contribution < -0.4 is 31.0 Å². The van der Waals surface area contributed by atoms with Crippen LogP contribution in [0.4, 0.5) is 11.4 Å². The second-order valence-corrected chi connectivity index (χ2v) is 11.7. The number of rotatable bonds is 7. The van der Waals surface area contributed by atoms with Crippen LogP contribution in [-0.4, -0.2) is 25.3 Å². The maximum absolute atomic E-state index is 13.9. The number of para-hydroxylation sites is 1. The standard InChI is InChI=1S/C25H29BN3OP3S2/c1-3-4-11-27-20-22(32)19(26)18(21(31)23(20)33)25(30)29(34)16-10-9-13(2)12-14(16)24-28-15-7-5-6-8-17(15)35-24/h5-10,12,27,34H,3-4,11,26,31-33H2,1-2H3. The Balaban J connectivity index is 1.77. The molecule has 1 heterocycles. The highest BCUT2D eigenvalue weighted by molar-refractivity contribution is 7.82. The molecule has 35 heavy (non-hydrogen) atoms. The van der Waals surface area contributed by atoms with Gasteiger partial charge in [0, 0.05) is 28.7 Å². The van der Waals surface area contributed by atoms with Gasteiger partial charge in [0.1, 0.15) is 12.9 Å². The average molecular weight is 555 g/mol. The molecule has 3 atom stereocenters. The van der Waals surface area contributed by atoms with Crippen LogP contribution in [0.2, 0.25) is 0 Å². The topological polar surface area (TPSA) is 45.2 Å². The summed E-state index contributed by atoms with van der Waals surface area (Å²) in [6.07, 6.45) is 2.21. The van der Waals surface area contributed by atoms with Crippen molar-refractivity contribution < 1.29 is 4.79 Å². The van der Waals surface area contributed by atoms with Gasteiger partial charge in [-0.3, -0.25) is 9.10 Å². The third kappa shape index (κ3) is 5.31. The molecule has 0 saturated heterocycles. The first-order chi connectivity index (χ1) is 16.7. The molecular formula is C25H29BN3OP3S2. The van der Waals surface area contributed by atoms with Crippen molar-refractivity contribution in [2.75, 3.05) is 16.2 Å². The van der Waals surface area contributed by atoms with E-state index in [2.05, 4.69) is 52.1 Å². The number of fused-ring (bicyclic) bond motifs is 1. The van der Waals surface area contributed by atoms with Crippen molar-refractivity contribution in [2.24, 2.45) is 0 Å². The number of aromatic nitrogens is 1. The second kappa shape index (κ2) is 11.3. The van der Waals surface area contributed by atoms with Crippen molar-refractivity contribution in [1.29, 1.82) is 0 Å². The van der Waals surface area contributed by atoms with E-state index in [4.69, 9.17) is 17.8 Å². The molecule has 0 aliphatic carbocycles. The van der Waals surface area contributed by atoms with E-state index in [-0.39, 0.29) is 5.91 Å². The monoisotopic (exact) mass is 555 g/mol. The molecule has 4 aromatic rings. The van der Waals surface area contributed by atoms with Gasteiger partial charge >= 0.3 is 0 Å². The maximum atomic E-state index is 13.9. The quantitative estimate of drug-likeness (QED) is 0.158. The number of thiol groups is 1. The molecule has 1 N–H and O–H groups in total. The SMILES string of the molecule is Bc1c(P)c(NCCCC)c(P)c(P)c1C(=O)N(S)c1ccc(C)cc1-c1nc2ccccc2s1. The van der Waals surface area contributed by atoms with Gasteiger partial charge in [0.2, 0.25) is 0 Å². The summed E-state index contributed by atoms with van der Waals surface area (Å²) in [5, 5.41) is 7.23. The van der Waals surface area contributed by atoms with Crippen molar-refractivity contribution in [1.82, 2.24) is 4.98 Å². The molecule has 4 rings (SSSR count). The van der Waals surface area contributed by atoms with Gasteiger partial charge in [-0.1, -0.05) is 55.4 Å². The van der Waals surface area contributed by atoms with E-state index >= 15 is 0 Å². The predicted molar refractivity (Wildman–Crippen MR) is 172 cm³/mol. The molecule has 180 valence electrons. The first-order valence-electron chi connectivity index (χ1n) is 11.4. The zero-order valence-corrected chi connectivity index (χ0v) is 25.2. The Labute approximate surface area is 224 Å². The number of unbranched alkanes of at least 4 members (excludes halogenated alkanes) is 1. The molecule has 0 bridgehead atoms. The fourth-order valence-electron chi connectivity index (χ4n) is 4.00. The molecule has 0 aliphatic heterocycles. The lowest BCUT2D eigenvalue weighted by Crippen LogP contribution is -2.43. The number of hydrogen-bond acceptors (Lipinski definition) is 5. The number of nitrogens with zero attached hydrogens (tertiary/aromatic N) is 2. The van der Waals surface area contributed by atoms with Crippen LogP contribution in [-0.2, 0) is 0 Å². The van der Waals surface area contributed by atoms with Crippen molar-refractivity contribution in [2.45, 2.75) is 26.7 Å². The minimum atomic E-state index is -0.172.